The summed E-state index contributed by atoms with van der Waals surface area (Å²) in [6.07, 6.45) is 6.84. The summed E-state index contributed by atoms with van der Waals surface area (Å²) in [5.41, 5.74) is 3.16. The highest BCUT2D eigenvalue weighted by Gasteiger charge is 2.13. The van der Waals surface area contributed by atoms with Gasteiger partial charge in [0.1, 0.15) is 5.82 Å². The fraction of sp³-hybridized carbons (Fsp3) is 0.0526. The van der Waals surface area contributed by atoms with Crippen LogP contribution in [-0.2, 0) is 6.54 Å². The standard InChI is InChI=1S/C19H16N6O/c26-19(24-15-3-4-17-14(10-15)12-23-25-17)16-2-1-7-21-18(16)22-11-13-5-8-20-9-6-13/h1-10,12H,11H2,(H,21,22)(H,23,25)(H,24,26). The van der Waals surface area contributed by atoms with Gasteiger partial charge in [0.25, 0.3) is 5.91 Å². The predicted molar refractivity (Wildman–Crippen MR) is 99.8 cm³/mol. The molecule has 7 nitrogen and oxygen atoms in total. The van der Waals surface area contributed by atoms with E-state index in [1.54, 1.807) is 36.9 Å². The average Bonchev–Trinajstić information content (AvgIpc) is 3.15. The number of hydrogen-bond donors (Lipinski definition) is 3. The van der Waals surface area contributed by atoms with Crippen molar-refractivity contribution in [1.29, 1.82) is 0 Å². The van der Waals surface area contributed by atoms with Crippen LogP contribution in [-0.4, -0.2) is 26.1 Å². The third-order valence-electron chi connectivity index (χ3n) is 3.96. The van der Waals surface area contributed by atoms with Crippen LogP contribution in [0.1, 0.15) is 15.9 Å². The Bertz CT molecular complexity index is 1040. The van der Waals surface area contributed by atoms with Gasteiger partial charge < -0.3 is 10.6 Å². The highest BCUT2D eigenvalue weighted by atomic mass is 16.1. The van der Waals surface area contributed by atoms with Gasteiger partial charge in [-0.2, -0.15) is 5.10 Å². The van der Waals surface area contributed by atoms with Gasteiger partial charge in [0.2, 0.25) is 0 Å². The average molecular weight is 344 g/mol. The number of nitrogens with one attached hydrogen (secondary N) is 3. The van der Waals surface area contributed by atoms with Crippen LogP contribution < -0.4 is 10.6 Å². The number of aromatic nitrogens is 4. The first-order valence-corrected chi connectivity index (χ1v) is 8.12. The first-order chi connectivity index (χ1) is 12.8. The Morgan fingerprint density at radius 3 is 2.85 bits per heavy atom. The molecule has 0 bridgehead atoms. The lowest BCUT2D eigenvalue weighted by molar-refractivity contribution is 0.102. The molecule has 0 saturated carbocycles. The largest absolute Gasteiger partial charge is 0.365 e. The van der Waals surface area contributed by atoms with Gasteiger partial charge in [0, 0.05) is 36.2 Å². The highest BCUT2D eigenvalue weighted by Crippen LogP contribution is 2.19. The van der Waals surface area contributed by atoms with Crippen LogP contribution in [0.5, 0.6) is 0 Å². The van der Waals surface area contributed by atoms with Crippen molar-refractivity contribution in [1.82, 2.24) is 20.2 Å². The Labute approximate surface area is 149 Å². The van der Waals surface area contributed by atoms with Crippen LogP contribution in [0.3, 0.4) is 0 Å². The van der Waals surface area contributed by atoms with Crippen molar-refractivity contribution in [2.75, 3.05) is 10.6 Å². The fourth-order valence-corrected chi connectivity index (χ4v) is 2.63. The molecule has 7 heteroatoms. The Balaban J connectivity index is 1.52. The zero-order valence-electron chi connectivity index (χ0n) is 13.8. The summed E-state index contributed by atoms with van der Waals surface area (Å²) >= 11 is 0. The van der Waals surface area contributed by atoms with Gasteiger partial charge >= 0.3 is 0 Å². The van der Waals surface area contributed by atoms with Crippen molar-refractivity contribution >= 4 is 28.3 Å². The van der Waals surface area contributed by atoms with E-state index in [2.05, 4.69) is 30.8 Å². The molecule has 128 valence electrons. The molecule has 0 atom stereocenters. The summed E-state index contributed by atoms with van der Waals surface area (Å²) in [6.45, 7) is 0.556. The molecule has 0 fully saturated rings. The summed E-state index contributed by atoms with van der Waals surface area (Å²) in [5, 5.41) is 13.9. The molecule has 0 spiro atoms. The summed E-state index contributed by atoms with van der Waals surface area (Å²) in [5.74, 6) is 0.310. The second-order valence-corrected chi connectivity index (χ2v) is 5.73. The second kappa shape index (κ2) is 7.02. The van der Waals surface area contributed by atoms with E-state index in [1.807, 2.05) is 30.3 Å². The molecule has 0 saturated heterocycles. The van der Waals surface area contributed by atoms with Crippen LogP contribution in [0.15, 0.2) is 67.3 Å². The number of fused-ring (bicyclic) bond motifs is 1. The SMILES string of the molecule is O=C(Nc1ccc2[nH]ncc2c1)c1cccnc1NCc1ccncc1. The Morgan fingerprint density at radius 1 is 1.08 bits per heavy atom. The van der Waals surface area contributed by atoms with Gasteiger partial charge in [-0.15, -0.1) is 0 Å². The minimum absolute atomic E-state index is 0.224. The third kappa shape index (κ3) is 3.36. The molecule has 0 aliphatic heterocycles. The molecule has 0 radical (unpaired) electrons. The van der Waals surface area contributed by atoms with Crippen LogP contribution in [0, 0.1) is 0 Å². The summed E-state index contributed by atoms with van der Waals surface area (Å²) in [6, 6.07) is 12.9. The third-order valence-corrected chi connectivity index (χ3v) is 3.96. The number of aromatic amines is 1. The first-order valence-electron chi connectivity index (χ1n) is 8.12. The maximum absolute atomic E-state index is 12.7. The number of anilines is 2. The van der Waals surface area contributed by atoms with Gasteiger partial charge in [-0.05, 0) is 48.0 Å². The van der Waals surface area contributed by atoms with E-state index < -0.39 is 0 Å². The van der Waals surface area contributed by atoms with Crippen molar-refractivity contribution in [2.24, 2.45) is 0 Å². The Kier molecular flexibility index (Phi) is 4.26. The number of carbonyl (C=O) groups excluding carboxylic acids is 1. The molecular formula is C19H16N6O. The molecule has 3 N–H and O–H groups in total. The van der Waals surface area contributed by atoms with Crippen molar-refractivity contribution in [3.05, 3.63) is 78.4 Å². The smallest absolute Gasteiger partial charge is 0.259 e. The minimum atomic E-state index is -0.224. The van der Waals surface area contributed by atoms with Crippen LogP contribution >= 0.6 is 0 Å². The Morgan fingerprint density at radius 2 is 1.96 bits per heavy atom. The first kappa shape index (κ1) is 15.8. The van der Waals surface area contributed by atoms with E-state index in [0.717, 1.165) is 16.5 Å². The number of hydrogen-bond acceptors (Lipinski definition) is 5. The predicted octanol–water partition coefficient (Wildman–Crippen LogP) is 3.22. The Hall–Kier alpha value is -3.74. The summed E-state index contributed by atoms with van der Waals surface area (Å²) in [7, 11) is 0. The number of nitrogens with zero attached hydrogens (tertiary/aromatic N) is 3. The molecule has 3 aromatic heterocycles. The summed E-state index contributed by atoms with van der Waals surface area (Å²) in [4.78, 5) is 21.0. The van der Waals surface area contributed by atoms with Gasteiger partial charge in [0.05, 0.1) is 17.3 Å². The van der Waals surface area contributed by atoms with E-state index in [0.29, 0.717) is 23.6 Å². The van der Waals surface area contributed by atoms with Crippen molar-refractivity contribution in [2.45, 2.75) is 6.54 Å². The lowest BCUT2D eigenvalue weighted by Crippen LogP contribution is -2.15. The second-order valence-electron chi connectivity index (χ2n) is 5.73. The number of benzene rings is 1. The number of H-pyrrole nitrogens is 1. The maximum Gasteiger partial charge on any atom is 0.259 e. The molecule has 4 aromatic rings. The fourth-order valence-electron chi connectivity index (χ4n) is 2.63. The van der Waals surface area contributed by atoms with Gasteiger partial charge in [0.15, 0.2) is 0 Å². The van der Waals surface area contributed by atoms with Gasteiger partial charge in [-0.1, -0.05) is 0 Å². The minimum Gasteiger partial charge on any atom is -0.365 e. The molecule has 26 heavy (non-hydrogen) atoms. The molecule has 0 aliphatic carbocycles. The van der Waals surface area contributed by atoms with Gasteiger partial charge in [-0.3, -0.25) is 14.9 Å². The molecule has 1 aromatic carbocycles. The number of amides is 1. The van der Waals surface area contributed by atoms with Crippen molar-refractivity contribution < 1.29 is 4.79 Å². The molecule has 3 heterocycles. The van der Waals surface area contributed by atoms with E-state index in [1.165, 1.54) is 0 Å². The number of pyridine rings is 2. The van der Waals surface area contributed by atoms with E-state index >= 15 is 0 Å². The van der Waals surface area contributed by atoms with E-state index in [4.69, 9.17) is 0 Å². The lowest BCUT2D eigenvalue weighted by atomic mass is 10.2. The van der Waals surface area contributed by atoms with Crippen LogP contribution in [0.4, 0.5) is 11.5 Å². The topological polar surface area (TPSA) is 95.6 Å². The summed E-state index contributed by atoms with van der Waals surface area (Å²) < 4.78 is 0. The van der Waals surface area contributed by atoms with Crippen LogP contribution in [0.25, 0.3) is 10.9 Å². The van der Waals surface area contributed by atoms with Crippen LogP contribution in [0.2, 0.25) is 0 Å². The zero-order chi connectivity index (χ0) is 17.8. The normalized spacial score (nSPS) is 10.6. The number of rotatable bonds is 5. The van der Waals surface area contributed by atoms with E-state index in [9.17, 15) is 4.79 Å². The lowest BCUT2D eigenvalue weighted by Gasteiger charge is -2.11. The zero-order valence-corrected chi connectivity index (χ0v) is 13.8. The van der Waals surface area contributed by atoms with Gasteiger partial charge in [-0.25, -0.2) is 4.98 Å². The molecular weight excluding hydrogens is 328 g/mol. The van der Waals surface area contributed by atoms with Crippen molar-refractivity contribution in [3.63, 3.8) is 0 Å². The molecule has 4 rings (SSSR count). The quantitative estimate of drug-likeness (QED) is 0.517. The van der Waals surface area contributed by atoms with E-state index in [-0.39, 0.29) is 5.91 Å². The maximum atomic E-state index is 12.7. The highest BCUT2D eigenvalue weighted by molar-refractivity contribution is 6.08. The molecule has 0 unspecified atom stereocenters. The van der Waals surface area contributed by atoms with Crippen molar-refractivity contribution in [3.8, 4) is 0 Å². The molecule has 1 amide bonds. The molecule has 0 aliphatic rings. The number of carbonyl (C=O) groups is 1. The monoisotopic (exact) mass is 344 g/mol.